The molecule has 4 aromatic rings. The fourth-order valence-corrected chi connectivity index (χ4v) is 4.64. The van der Waals surface area contributed by atoms with E-state index in [4.69, 9.17) is 0 Å². The molecule has 1 heteroatoms. The first-order chi connectivity index (χ1) is 10.1. The van der Waals surface area contributed by atoms with Gasteiger partial charge in [0.25, 0.3) is 0 Å². The Bertz CT molecular complexity index is 1020. The molecule has 0 amide bonds. The minimum atomic E-state index is 1.33. The number of hydrogen-bond donors (Lipinski definition) is 0. The molecule has 0 saturated heterocycles. The molecule has 0 N–H and O–H groups in total. The first-order valence-corrected chi connectivity index (χ1v) is 8.21. The first-order valence-electron chi connectivity index (χ1n) is 7.40. The van der Waals surface area contributed by atoms with Crippen LogP contribution in [0.4, 0.5) is 0 Å². The number of fused-ring (bicyclic) bond motifs is 5. The van der Waals surface area contributed by atoms with Gasteiger partial charge in [0, 0.05) is 15.0 Å². The summed E-state index contributed by atoms with van der Waals surface area (Å²) in [5.74, 6) is 0. The van der Waals surface area contributed by atoms with Gasteiger partial charge in [-0.25, -0.2) is 0 Å². The lowest BCUT2D eigenvalue weighted by Crippen LogP contribution is -1.88. The molecule has 3 aromatic carbocycles. The maximum Gasteiger partial charge on any atom is 0.0386 e. The molecule has 0 aliphatic heterocycles. The van der Waals surface area contributed by atoms with E-state index in [0.29, 0.717) is 0 Å². The molecule has 0 spiro atoms. The van der Waals surface area contributed by atoms with E-state index in [2.05, 4.69) is 64.1 Å². The van der Waals surface area contributed by atoms with Crippen LogP contribution in [0, 0.1) is 27.7 Å². The lowest BCUT2D eigenvalue weighted by Gasteiger charge is -2.12. The van der Waals surface area contributed by atoms with E-state index in [-0.39, 0.29) is 0 Å². The van der Waals surface area contributed by atoms with Gasteiger partial charge in [-0.2, -0.15) is 0 Å². The quantitative estimate of drug-likeness (QED) is 0.327. The molecule has 21 heavy (non-hydrogen) atoms. The Morgan fingerprint density at radius 2 is 1.43 bits per heavy atom. The predicted octanol–water partition coefficient (Wildman–Crippen LogP) is 6.44. The van der Waals surface area contributed by atoms with Crippen LogP contribution in [0.25, 0.3) is 31.6 Å². The van der Waals surface area contributed by atoms with Gasteiger partial charge in [-0.3, -0.25) is 0 Å². The van der Waals surface area contributed by atoms with Crippen molar-refractivity contribution in [2.75, 3.05) is 0 Å². The largest absolute Gasteiger partial charge is 0.140 e. The smallest absolute Gasteiger partial charge is 0.0386 e. The maximum atomic E-state index is 2.30. The highest BCUT2D eigenvalue weighted by molar-refractivity contribution is 7.19. The predicted molar refractivity (Wildman–Crippen MR) is 95.8 cm³/mol. The van der Waals surface area contributed by atoms with Crippen molar-refractivity contribution in [1.29, 1.82) is 0 Å². The number of thiophene rings is 1. The monoisotopic (exact) mass is 290 g/mol. The molecular formula is C20H18S. The van der Waals surface area contributed by atoms with Crippen LogP contribution in [0.1, 0.15) is 21.6 Å². The van der Waals surface area contributed by atoms with Gasteiger partial charge < -0.3 is 0 Å². The number of benzene rings is 3. The van der Waals surface area contributed by atoms with E-state index in [1.807, 2.05) is 11.3 Å². The van der Waals surface area contributed by atoms with E-state index in [1.54, 1.807) is 0 Å². The van der Waals surface area contributed by atoms with Gasteiger partial charge in [-0.05, 0) is 65.9 Å². The Balaban J connectivity index is 2.45. The van der Waals surface area contributed by atoms with Gasteiger partial charge >= 0.3 is 0 Å². The maximum absolute atomic E-state index is 2.30. The van der Waals surface area contributed by atoms with E-state index < -0.39 is 0 Å². The van der Waals surface area contributed by atoms with E-state index in [1.165, 1.54) is 53.2 Å². The Kier molecular flexibility index (Phi) is 2.64. The van der Waals surface area contributed by atoms with Crippen LogP contribution >= 0.6 is 11.3 Å². The van der Waals surface area contributed by atoms with Crippen LogP contribution in [0.3, 0.4) is 0 Å². The normalized spacial score (nSPS) is 11.8. The zero-order valence-corrected chi connectivity index (χ0v) is 13.7. The zero-order valence-electron chi connectivity index (χ0n) is 12.9. The summed E-state index contributed by atoms with van der Waals surface area (Å²) in [5.41, 5.74) is 4.30. The lowest BCUT2D eigenvalue weighted by atomic mass is 9.92. The summed E-state index contributed by atoms with van der Waals surface area (Å²) in [6.45, 7) is 9.04. The minimum absolute atomic E-state index is 1.33. The highest BCUT2D eigenvalue weighted by Gasteiger charge is 2.16. The van der Waals surface area contributed by atoms with Crippen LogP contribution in [-0.4, -0.2) is 0 Å². The second-order valence-corrected chi connectivity index (χ2v) is 7.17. The highest BCUT2D eigenvalue weighted by atomic mass is 32.1. The second-order valence-electron chi connectivity index (χ2n) is 5.95. The zero-order chi connectivity index (χ0) is 14.7. The third kappa shape index (κ3) is 1.61. The number of aryl methyl sites for hydroxylation is 4. The molecule has 1 heterocycles. The molecule has 0 saturated carbocycles. The van der Waals surface area contributed by atoms with Gasteiger partial charge in [-0.1, -0.05) is 36.4 Å². The highest BCUT2D eigenvalue weighted by Crippen LogP contribution is 2.42. The summed E-state index contributed by atoms with van der Waals surface area (Å²) in [7, 11) is 0. The van der Waals surface area contributed by atoms with Gasteiger partial charge in [0.15, 0.2) is 0 Å². The van der Waals surface area contributed by atoms with Crippen molar-refractivity contribution in [3.63, 3.8) is 0 Å². The molecular weight excluding hydrogens is 272 g/mol. The molecule has 0 unspecified atom stereocenters. The molecule has 104 valence electrons. The van der Waals surface area contributed by atoms with E-state index in [9.17, 15) is 0 Å². The third-order valence-electron chi connectivity index (χ3n) is 4.87. The van der Waals surface area contributed by atoms with Crippen molar-refractivity contribution >= 4 is 43.0 Å². The SMILES string of the molecule is Cc1sc2c(C)c(C)c3ccc4ccccc4c3c2c1C. The molecule has 1 aromatic heterocycles. The van der Waals surface area contributed by atoms with E-state index >= 15 is 0 Å². The summed E-state index contributed by atoms with van der Waals surface area (Å²) in [6.07, 6.45) is 0. The van der Waals surface area contributed by atoms with Crippen LogP contribution in [-0.2, 0) is 0 Å². The van der Waals surface area contributed by atoms with Crippen LogP contribution in [0.15, 0.2) is 36.4 Å². The van der Waals surface area contributed by atoms with Gasteiger partial charge in [0.1, 0.15) is 0 Å². The van der Waals surface area contributed by atoms with Crippen molar-refractivity contribution in [3.8, 4) is 0 Å². The van der Waals surface area contributed by atoms with Gasteiger partial charge in [0.05, 0.1) is 0 Å². The van der Waals surface area contributed by atoms with Gasteiger partial charge in [-0.15, -0.1) is 11.3 Å². The Hall–Kier alpha value is -1.86. The Morgan fingerprint density at radius 3 is 2.24 bits per heavy atom. The fourth-order valence-electron chi connectivity index (χ4n) is 3.42. The summed E-state index contributed by atoms with van der Waals surface area (Å²) in [5, 5.41) is 7.02. The molecule has 4 rings (SSSR count). The second kappa shape index (κ2) is 4.32. The average molecular weight is 290 g/mol. The van der Waals surface area contributed by atoms with Crippen molar-refractivity contribution in [2.24, 2.45) is 0 Å². The summed E-state index contributed by atoms with van der Waals surface area (Å²) in [6, 6.07) is 13.3. The minimum Gasteiger partial charge on any atom is -0.140 e. The molecule has 0 atom stereocenters. The molecule has 0 aliphatic rings. The topological polar surface area (TPSA) is 0 Å². The van der Waals surface area contributed by atoms with Crippen molar-refractivity contribution < 1.29 is 0 Å². The summed E-state index contributed by atoms with van der Waals surface area (Å²) >= 11 is 1.94. The number of rotatable bonds is 0. The Labute approximate surface area is 129 Å². The molecule has 0 fully saturated rings. The van der Waals surface area contributed by atoms with Crippen LogP contribution < -0.4 is 0 Å². The summed E-state index contributed by atoms with van der Waals surface area (Å²) in [4.78, 5) is 1.44. The summed E-state index contributed by atoms with van der Waals surface area (Å²) < 4.78 is 1.46. The average Bonchev–Trinajstić information content (AvgIpc) is 2.80. The van der Waals surface area contributed by atoms with Crippen molar-refractivity contribution in [1.82, 2.24) is 0 Å². The number of hydrogen-bond acceptors (Lipinski definition) is 1. The molecule has 0 radical (unpaired) electrons. The van der Waals surface area contributed by atoms with Crippen LogP contribution in [0.2, 0.25) is 0 Å². The van der Waals surface area contributed by atoms with Crippen molar-refractivity contribution in [3.05, 3.63) is 58.0 Å². The Morgan fingerprint density at radius 1 is 0.667 bits per heavy atom. The standard InChI is InChI=1S/C20H18S/c1-11-12(2)20-18(13(3)14(4)21-20)19-16(11)10-9-15-7-5-6-8-17(15)19/h5-10H,1-4H3. The van der Waals surface area contributed by atoms with E-state index in [0.717, 1.165) is 0 Å². The third-order valence-corrected chi connectivity index (χ3v) is 6.20. The fraction of sp³-hybridized carbons (Fsp3) is 0.200. The van der Waals surface area contributed by atoms with Crippen LogP contribution in [0.5, 0.6) is 0 Å². The molecule has 0 bridgehead atoms. The molecule has 0 aliphatic carbocycles. The lowest BCUT2D eigenvalue weighted by molar-refractivity contribution is 1.42. The van der Waals surface area contributed by atoms with Crippen molar-refractivity contribution in [2.45, 2.75) is 27.7 Å². The first kappa shape index (κ1) is 12.8. The van der Waals surface area contributed by atoms with Gasteiger partial charge in [0.2, 0.25) is 0 Å². The molecule has 0 nitrogen and oxygen atoms in total.